The highest BCUT2D eigenvalue weighted by Gasteiger charge is 2.31. The molecule has 1 aliphatic heterocycles. The molecule has 8 heteroatoms. The number of piperidine rings is 1. The van der Waals surface area contributed by atoms with E-state index in [9.17, 15) is 13.2 Å². The summed E-state index contributed by atoms with van der Waals surface area (Å²) in [7, 11) is -3.53. The molecular formula is C14H24N4O3S. The highest BCUT2D eigenvalue weighted by atomic mass is 32.2. The summed E-state index contributed by atoms with van der Waals surface area (Å²) in [6, 6.07) is 0. The van der Waals surface area contributed by atoms with Gasteiger partial charge in [0, 0.05) is 19.6 Å². The van der Waals surface area contributed by atoms with E-state index >= 15 is 0 Å². The molecule has 1 fully saturated rings. The maximum Gasteiger partial charge on any atom is 0.246 e. The monoisotopic (exact) mass is 328 g/mol. The zero-order chi connectivity index (χ0) is 16.3. The summed E-state index contributed by atoms with van der Waals surface area (Å²) in [5.41, 5.74) is 0.974. The van der Waals surface area contributed by atoms with Gasteiger partial charge in [-0.05, 0) is 33.6 Å². The summed E-state index contributed by atoms with van der Waals surface area (Å²) in [6.45, 7) is 6.91. The zero-order valence-corrected chi connectivity index (χ0v) is 14.2. The molecule has 2 rings (SSSR count). The predicted molar refractivity (Wildman–Crippen MR) is 83.0 cm³/mol. The first kappa shape index (κ1) is 17.0. The van der Waals surface area contributed by atoms with Crippen molar-refractivity contribution in [3.8, 4) is 0 Å². The van der Waals surface area contributed by atoms with Gasteiger partial charge in [0.05, 0.1) is 11.4 Å². The van der Waals surface area contributed by atoms with Crippen LogP contribution in [0.1, 0.15) is 37.6 Å². The van der Waals surface area contributed by atoms with Crippen molar-refractivity contribution in [3.63, 3.8) is 0 Å². The van der Waals surface area contributed by atoms with Gasteiger partial charge in [-0.25, -0.2) is 8.42 Å². The van der Waals surface area contributed by atoms with Crippen LogP contribution in [0.2, 0.25) is 0 Å². The second-order valence-electron chi connectivity index (χ2n) is 5.58. The van der Waals surface area contributed by atoms with Crippen LogP contribution in [0.25, 0.3) is 0 Å². The van der Waals surface area contributed by atoms with E-state index in [1.807, 2.05) is 6.92 Å². The van der Waals surface area contributed by atoms with E-state index in [-0.39, 0.29) is 17.3 Å². The summed E-state index contributed by atoms with van der Waals surface area (Å²) in [5.74, 6) is -0.171. The summed E-state index contributed by atoms with van der Waals surface area (Å²) < 4.78 is 28.7. The van der Waals surface area contributed by atoms with Crippen molar-refractivity contribution in [2.45, 2.75) is 51.5 Å². The van der Waals surface area contributed by atoms with Crippen LogP contribution >= 0.6 is 0 Å². The fourth-order valence-electron chi connectivity index (χ4n) is 2.83. The van der Waals surface area contributed by atoms with Gasteiger partial charge in [-0.1, -0.05) is 6.42 Å². The molecule has 2 heterocycles. The Hall–Kier alpha value is -1.41. The molecule has 1 aliphatic rings. The predicted octanol–water partition coefficient (Wildman–Crippen LogP) is 0.811. The maximum absolute atomic E-state index is 12.8. The van der Waals surface area contributed by atoms with Gasteiger partial charge in [-0.3, -0.25) is 9.48 Å². The third-order valence-electron chi connectivity index (χ3n) is 3.90. The lowest BCUT2D eigenvalue weighted by Gasteiger charge is -2.25. The lowest BCUT2D eigenvalue weighted by Crippen LogP contribution is -2.36. The molecule has 1 aromatic rings. The van der Waals surface area contributed by atoms with Gasteiger partial charge in [0.25, 0.3) is 0 Å². The Balaban J connectivity index is 2.31. The van der Waals surface area contributed by atoms with Crippen molar-refractivity contribution in [3.05, 3.63) is 11.4 Å². The van der Waals surface area contributed by atoms with Gasteiger partial charge in [-0.2, -0.15) is 9.40 Å². The molecular weight excluding hydrogens is 304 g/mol. The van der Waals surface area contributed by atoms with Crippen LogP contribution in [-0.4, -0.2) is 48.0 Å². The molecule has 0 radical (unpaired) electrons. The number of nitrogens with zero attached hydrogens (tertiary/aromatic N) is 3. The summed E-state index contributed by atoms with van der Waals surface area (Å²) in [5, 5.41) is 6.94. The second kappa shape index (κ2) is 6.78. The van der Waals surface area contributed by atoms with Crippen LogP contribution in [0.3, 0.4) is 0 Å². The van der Waals surface area contributed by atoms with Crippen molar-refractivity contribution in [2.24, 2.45) is 0 Å². The number of amides is 1. The van der Waals surface area contributed by atoms with Crippen molar-refractivity contribution >= 4 is 15.9 Å². The number of aromatic nitrogens is 2. The van der Waals surface area contributed by atoms with Gasteiger partial charge in [0.1, 0.15) is 11.4 Å². The minimum atomic E-state index is -3.53. The van der Waals surface area contributed by atoms with E-state index in [1.54, 1.807) is 13.8 Å². The van der Waals surface area contributed by atoms with Crippen molar-refractivity contribution < 1.29 is 13.2 Å². The van der Waals surface area contributed by atoms with Crippen molar-refractivity contribution in [1.29, 1.82) is 0 Å². The highest BCUT2D eigenvalue weighted by Crippen LogP contribution is 2.25. The normalized spacial score (nSPS) is 16.7. The van der Waals surface area contributed by atoms with Crippen molar-refractivity contribution in [2.75, 3.05) is 19.6 Å². The number of carbonyl (C=O) groups excluding carboxylic acids is 1. The average Bonchev–Trinajstić information content (AvgIpc) is 2.75. The Morgan fingerprint density at radius 2 is 1.86 bits per heavy atom. The first-order chi connectivity index (χ1) is 10.4. The number of rotatable bonds is 5. The minimum Gasteiger partial charge on any atom is -0.355 e. The largest absolute Gasteiger partial charge is 0.355 e. The van der Waals surface area contributed by atoms with Crippen molar-refractivity contribution in [1.82, 2.24) is 19.4 Å². The smallest absolute Gasteiger partial charge is 0.246 e. The van der Waals surface area contributed by atoms with Crippen LogP contribution in [0.5, 0.6) is 0 Å². The molecule has 1 saturated heterocycles. The zero-order valence-electron chi connectivity index (χ0n) is 13.4. The van der Waals surface area contributed by atoms with Gasteiger partial charge in [0.2, 0.25) is 15.9 Å². The number of likely N-dealkylation sites (N-methyl/N-ethyl adjacent to an activating group) is 1. The molecule has 7 nitrogen and oxygen atoms in total. The summed E-state index contributed by atoms with van der Waals surface area (Å²) in [6.07, 6.45) is 2.86. The Morgan fingerprint density at radius 1 is 1.23 bits per heavy atom. The lowest BCUT2D eigenvalue weighted by atomic mass is 10.2. The molecule has 1 amide bonds. The van der Waals surface area contributed by atoms with Gasteiger partial charge in [-0.15, -0.1) is 0 Å². The Morgan fingerprint density at radius 3 is 2.45 bits per heavy atom. The van der Waals surface area contributed by atoms with E-state index in [0.717, 1.165) is 19.3 Å². The quantitative estimate of drug-likeness (QED) is 0.867. The number of hydrogen-bond donors (Lipinski definition) is 1. The summed E-state index contributed by atoms with van der Waals surface area (Å²) in [4.78, 5) is 12.0. The first-order valence-corrected chi connectivity index (χ1v) is 9.12. The Kier molecular flexibility index (Phi) is 5.23. The maximum atomic E-state index is 12.8. The van der Waals surface area contributed by atoms with Gasteiger partial charge in [0.15, 0.2) is 0 Å². The van der Waals surface area contributed by atoms with Crippen LogP contribution in [0, 0.1) is 13.8 Å². The van der Waals surface area contributed by atoms with Crippen LogP contribution < -0.4 is 5.32 Å². The number of hydrogen-bond acceptors (Lipinski definition) is 4. The van der Waals surface area contributed by atoms with Crippen LogP contribution in [0.15, 0.2) is 4.90 Å². The second-order valence-corrected chi connectivity index (χ2v) is 7.45. The first-order valence-electron chi connectivity index (χ1n) is 7.68. The number of carbonyl (C=O) groups is 1. The topological polar surface area (TPSA) is 84.3 Å². The molecule has 0 unspecified atom stereocenters. The SMILES string of the molecule is CCNC(=O)Cn1nc(C)c(S(=O)(=O)N2CCCCC2)c1C. The van der Waals surface area contributed by atoms with Crippen LogP contribution in [0.4, 0.5) is 0 Å². The van der Waals surface area contributed by atoms with Gasteiger partial charge < -0.3 is 5.32 Å². The molecule has 124 valence electrons. The minimum absolute atomic E-state index is 0.0377. The average molecular weight is 328 g/mol. The highest BCUT2D eigenvalue weighted by molar-refractivity contribution is 7.89. The van der Waals surface area contributed by atoms with E-state index in [1.165, 1.54) is 8.99 Å². The molecule has 0 bridgehead atoms. The van der Waals surface area contributed by atoms with Gasteiger partial charge >= 0.3 is 0 Å². The Bertz CT molecular complexity index is 645. The Labute approximate surface area is 131 Å². The lowest BCUT2D eigenvalue weighted by molar-refractivity contribution is -0.121. The molecule has 0 aliphatic carbocycles. The van der Waals surface area contributed by atoms with E-state index in [4.69, 9.17) is 0 Å². The summed E-state index contributed by atoms with van der Waals surface area (Å²) >= 11 is 0. The molecule has 0 saturated carbocycles. The standard InChI is InChI=1S/C14H24N4O3S/c1-4-15-13(19)10-18-12(3)14(11(2)16-18)22(20,21)17-8-6-5-7-9-17/h4-10H2,1-3H3,(H,15,19). The number of sulfonamides is 1. The van der Waals surface area contributed by atoms with E-state index < -0.39 is 10.0 Å². The molecule has 0 spiro atoms. The molecule has 0 aromatic carbocycles. The molecule has 1 N–H and O–H groups in total. The fraction of sp³-hybridized carbons (Fsp3) is 0.714. The third kappa shape index (κ3) is 3.33. The molecule has 0 atom stereocenters. The molecule has 22 heavy (non-hydrogen) atoms. The van der Waals surface area contributed by atoms with E-state index in [0.29, 0.717) is 31.0 Å². The number of aryl methyl sites for hydroxylation is 1. The third-order valence-corrected chi connectivity index (χ3v) is 6.05. The molecule has 1 aromatic heterocycles. The number of nitrogens with one attached hydrogen (secondary N) is 1. The van der Waals surface area contributed by atoms with Crippen LogP contribution in [-0.2, 0) is 21.4 Å². The van der Waals surface area contributed by atoms with E-state index in [2.05, 4.69) is 10.4 Å². The fourth-order valence-corrected chi connectivity index (χ4v) is 4.72.